The van der Waals surface area contributed by atoms with E-state index < -0.39 is 11.0 Å². The molecule has 0 bridgehead atoms. The van der Waals surface area contributed by atoms with Crippen molar-refractivity contribution in [3.05, 3.63) is 23.9 Å². The number of imide groups is 1. The van der Waals surface area contributed by atoms with E-state index in [0.29, 0.717) is 51.1 Å². The molecular weight excluding hydrogens is 472 g/mol. The van der Waals surface area contributed by atoms with Gasteiger partial charge in [0, 0.05) is 45.2 Å². The maximum absolute atomic E-state index is 13.0. The van der Waals surface area contributed by atoms with E-state index in [4.69, 9.17) is 4.74 Å². The Hall–Kier alpha value is -2.97. The van der Waals surface area contributed by atoms with Crippen molar-refractivity contribution in [2.24, 2.45) is 11.3 Å². The zero-order chi connectivity index (χ0) is 26.8. The molecule has 3 amide bonds. The number of likely N-dealkylation sites (tertiary alicyclic amines) is 1. The van der Waals surface area contributed by atoms with Crippen molar-refractivity contribution in [3.63, 3.8) is 0 Å². The van der Waals surface area contributed by atoms with Gasteiger partial charge >= 0.3 is 5.97 Å². The molecule has 3 saturated heterocycles. The maximum atomic E-state index is 13.0. The second-order valence-corrected chi connectivity index (χ2v) is 12.0. The number of esters is 1. The SMILES string of the molecule is CC(C)(C)OC(=O)C1(C)CCN(C(=O)CC2CCN(c3ccc([C@@H]4CCC(=O)NC4=O)cn3)CC2)CC1. The Morgan fingerprint density at radius 3 is 2.32 bits per heavy atom. The first-order valence-electron chi connectivity index (χ1n) is 13.5. The molecule has 1 aromatic heterocycles. The highest BCUT2D eigenvalue weighted by molar-refractivity contribution is 6.00. The van der Waals surface area contributed by atoms with Crippen LogP contribution in [0.4, 0.5) is 5.82 Å². The maximum Gasteiger partial charge on any atom is 0.312 e. The molecule has 0 spiro atoms. The van der Waals surface area contributed by atoms with Crippen LogP contribution in [0.1, 0.15) is 84.1 Å². The molecule has 0 unspecified atom stereocenters. The topological polar surface area (TPSA) is 109 Å². The molecule has 0 saturated carbocycles. The average molecular weight is 513 g/mol. The largest absolute Gasteiger partial charge is 0.460 e. The lowest BCUT2D eigenvalue weighted by Crippen LogP contribution is -2.47. The summed E-state index contributed by atoms with van der Waals surface area (Å²) in [6, 6.07) is 3.87. The number of pyridine rings is 1. The summed E-state index contributed by atoms with van der Waals surface area (Å²) >= 11 is 0. The Morgan fingerprint density at radius 1 is 1.08 bits per heavy atom. The highest BCUT2D eigenvalue weighted by Gasteiger charge is 2.41. The van der Waals surface area contributed by atoms with Gasteiger partial charge in [-0.3, -0.25) is 24.5 Å². The Bertz CT molecular complexity index is 1020. The molecule has 1 N–H and O–H groups in total. The number of nitrogens with zero attached hydrogens (tertiary/aromatic N) is 3. The number of anilines is 1. The molecule has 1 atom stereocenters. The lowest BCUT2D eigenvalue weighted by Gasteiger charge is -2.40. The van der Waals surface area contributed by atoms with Crippen molar-refractivity contribution in [2.75, 3.05) is 31.1 Å². The first kappa shape index (κ1) is 27.1. The van der Waals surface area contributed by atoms with Gasteiger partial charge in [-0.25, -0.2) is 4.98 Å². The molecule has 4 heterocycles. The van der Waals surface area contributed by atoms with Gasteiger partial charge in [0.2, 0.25) is 17.7 Å². The van der Waals surface area contributed by atoms with Crippen LogP contribution in [0.5, 0.6) is 0 Å². The summed E-state index contributed by atoms with van der Waals surface area (Å²) in [5, 5.41) is 2.40. The minimum absolute atomic E-state index is 0.168. The van der Waals surface area contributed by atoms with Crippen LogP contribution in [0.15, 0.2) is 18.3 Å². The van der Waals surface area contributed by atoms with E-state index in [2.05, 4.69) is 15.2 Å². The van der Waals surface area contributed by atoms with Crippen LogP contribution in [0, 0.1) is 11.3 Å². The Morgan fingerprint density at radius 2 is 1.76 bits per heavy atom. The number of hydrogen-bond donors (Lipinski definition) is 1. The first-order chi connectivity index (χ1) is 17.4. The van der Waals surface area contributed by atoms with Crippen LogP contribution < -0.4 is 10.2 Å². The quantitative estimate of drug-likeness (QED) is 0.477. The molecule has 3 aliphatic rings. The number of aromatic nitrogens is 1. The number of amides is 3. The summed E-state index contributed by atoms with van der Waals surface area (Å²) in [5.41, 5.74) is -0.207. The number of carbonyl (C=O) groups excluding carboxylic acids is 4. The van der Waals surface area contributed by atoms with Crippen LogP contribution in [-0.4, -0.2) is 65.4 Å². The van der Waals surface area contributed by atoms with Crippen LogP contribution in [0.3, 0.4) is 0 Å². The third-order valence-corrected chi connectivity index (χ3v) is 7.93. The van der Waals surface area contributed by atoms with Gasteiger partial charge in [0.1, 0.15) is 11.4 Å². The Balaban J connectivity index is 1.22. The van der Waals surface area contributed by atoms with E-state index in [1.54, 1.807) is 6.20 Å². The number of carbonyl (C=O) groups is 4. The second-order valence-electron chi connectivity index (χ2n) is 12.0. The predicted molar refractivity (Wildman–Crippen MR) is 139 cm³/mol. The summed E-state index contributed by atoms with van der Waals surface area (Å²) < 4.78 is 5.61. The van der Waals surface area contributed by atoms with Gasteiger partial charge in [0.05, 0.1) is 11.3 Å². The fourth-order valence-electron chi connectivity index (χ4n) is 5.40. The third kappa shape index (κ3) is 6.67. The van der Waals surface area contributed by atoms with Gasteiger partial charge < -0.3 is 14.5 Å². The molecule has 9 heteroatoms. The van der Waals surface area contributed by atoms with E-state index in [0.717, 1.165) is 37.3 Å². The molecule has 1 aromatic rings. The van der Waals surface area contributed by atoms with Crippen LogP contribution in [0.25, 0.3) is 0 Å². The van der Waals surface area contributed by atoms with Gasteiger partial charge in [0.25, 0.3) is 0 Å². The first-order valence-corrected chi connectivity index (χ1v) is 13.5. The van der Waals surface area contributed by atoms with Crippen LogP contribution in [-0.2, 0) is 23.9 Å². The smallest absolute Gasteiger partial charge is 0.312 e. The minimum Gasteiger partial charge on any atom is -0.460 e. The van der Waals surface area contributed by atoms with E-state index in [9.17, 15) is 19.2 Å². The zero-order valence-electron chi connectivity index (χ0n) is 22.5. The summed E-state index contributed by atoms with van der Waals surface area (Å²) in [6.07, 6.45) is 6.26. The van der Waals surface area contributed by atoms with Crippen molar-refractivity contribution >= 4 is 29.5 Å². The normalized spacial score (nSPS) is 23.0. The molecule has 37 heavy (non-hydrogen) atoms. The van der Waals surface area contributed by atoms with Crippen LogP contribution >= 0.6 is 0 Å². The van der Waals surface area contributed by atoms with Gasteiger partial charge in [0.15, 0.2) is 0 Å². The molecule has 0 radical (unpaired) electrons. The third-order valence-electron chi connectivity index (χ3n) is 7.93. The molecule has 0 aromatic carbocycles. The van der Waals surface area contributed by atoms with Crippen molar-refractivity contribution in [3.8, 4) is 0 Å². The lowest BCUT2D eigenvalue weighted by molar-refractivity contribution is -0.170. The van der Waals surface area contributed by atoms with Gasteiger partial charge in [-0.1, -0.05) is 6.07 Å². The molecule has 3 aliphatic heterocycles. The summed E-state index contributed by atoms with van der Waals surface area (Å²) in [4.78, 5) is 57.9. The number of piperidine rings is 3. The standard InChI is InChI=1S/C28H40N4O5/c1-27(2,3)37-26(36)28(4)11-15-32(16-12-28)24(34)17-19-9-13-31(14-10-19)22-7-5-20(18-29-22)21-6-8-23(33)30-25(21)35/h5,7,18-19,21H,6,8-17H2,1-4H3,(H,30,33,35)/t21-/m0/s1. The van der Waals surface area contributed by atoms with Gasteiger partial charge in [-0.05, 0) is 77.3 Å². The molecule has 202 valence electrons. The zero-order valence-corrected chi connectivity index (χ0v) is 22.5. The van der Waals surface area contributed by atoms with Gasteiger partial charge in [-0.15, -0.1) is 0 Å². The van der Waals surface area contributed by atoms with Crippen molar-refractivity contribution in [1.29, 1.82) is 0 Å². The minimum atomic E-state index is -0.532. The van der Waals surface area contributed by atoms with Crippen molar-refractivity contribution in [2.45, 2.75) is 84.2 Å². The number of ether oxygens (including phenoxy) is 1. The molecule has 0 aliphatic carbocycles. The highest BCUT2D eigenvalue weighted by Crippen LogP contribution is 2.35. The van der Waals surface area contributed by atoms with Crippen molar-refractivity contribution in [1.82, 2.24) is 15.2 Å². The molecule has 3 fully saturated rings. The van der Waals surface area contributed by atoms with Crippen LogP contribution in [0.2, 0.25) is 0 Å². The van der Waals surface area contributed by atoms with E-state index >= 15 is 0 Å². The predicted octanol–water partition coefficient (Wildman–Crippen LogP) is 3.18. The van der Waals surface area contributed by atoms with E-state index in [-0.39, 0.29) is 29.6 Å². The number of nitrogens with one attached hydrogen (secondary N) is 1. The highest BCUT2D eigenvalue weighted by atomic mass is 16.6. The second kappa shape index (κ2) is 10.8. The number of rotatable bonds is 5. The molecule has 4 rings (SSSR count). The summed E-state index contributed by atoms with van der Waals surface area (Å²) in [5.74, 6) is 0.428. The van der Waals surface area contributed by atoms with Crippen molar-refractivity contribution < 1.29 is 23.9 Å². The lowest BCUT2D eigenvalue weighted by atomic mass is 9.80. The Labute approximate surface area is 219 Å². The fourth-order valence-corrected chi connectivity index (χ4v) is 5.40. The molecule has 9 nitrogen and oxygen atoms in total. The van der Waals surface area contributed by atoms with E-state index in [1.807, 2.05) is 44.7 Å². The summed E-state index contributed by atoms with van der Waals surface area (Å²) in [6.45, 7) is 10.4. The fraction of sp³-hybridized carbons (Fsp3) is 0.679. The Kier molecular flexibility index (Phi) is 7.90. The number of hydrogen-bond acceptors (Lipinski definition) is 7. The van der Waals surface area contributed by atoms with E-state index in [1.165, 1.54) is 0 Å². The average Bonchev–Trinajstić information content (AvgIpc) is 2.84. The van der Waals surface area contributed by atoms with Gasteiger partial charge in [-0.2, -0.15) is 0 Å². The monoisotopic (exact) mass is 512 g/mol. The summed E-state index contributed by atoms with van der Waals surface area (Å²) in [7, 11) is 0. The molecular formula is C28H40N4O5.